The molecule has 1 fully saturated rings. The third-order valence-electron chi connectivity index (χ3n) is 8.69. The number of rotatable bonds is 11. The topological polar surface area (TPSA) is 20.2 Å². The highest BCUT2D eigenvalue weighted by Crippen LogP contribution is 2.40. The molecule has 0 amide bonds. The lowest BCUT2D eigenvalue weighted by molar-refractivity contribution is 0.237. The Morgan fingerprint density at radius 3 is 2.32 bits per heavy atom. The van der Waals surface area contributed by atoms with Crippen LogP contribution in [0.1, 0.15) is 106 Å². The summed E-state index contributed by atoms with van der Waals surface area (Å²) < 4.78 is 0. The van der Waals surface area contributed by atoms with Crippen LogP contribution in [0.5, 0.6) is 0 Å². The fourth-order valence-corrected chi connectivity index (χ4v) is 6.27. The number of allylic oxidation sites excluding steroid dienone is 6. The first-order valence-corrected chi connectivity index (χ1v) is 15.0. The summed E-state index contributed by atoms with van der Waals surface area (Å²) >= 11 is 0. The average molecular weight is 497 g/mol. The van der Waals surface area contributed by atoms with Crippen molar-refractivity contribution < 1.29 is 5.11 Å². The maximum Gasteiger partial charge on any atom is 0.0459 e. The molecule has 2 aromatic rings. The maximum absolute atomic E-state index is 9.33. The smallest absolute Gasteiger partial charge is 0.0459 e. The molecule has 0 bridgehead atoms. The summed E-state index contributed by atoms with van der Waals surface area (Å²) in [5, 5.41) is 9.33. The number of aliphatic hydroxyl groups excluding tert-OH is 1. The summed E-state index contributed by atoms with van der Waals surface area (Å²) in [6.07, 6.45) is 23.0. The summed E-state index contributed by atoms with van der Waals surface area (Å²) in [6, 6.07) is 16.3. The van der Waals surface area contributed by atoms with Crippen molar-refractivity contribution >= 4 is 5.57 Å². The van der Waals surface area contributed by atoms with Gasteiger partial charge in [-0.3, -0.25) is 0 Å². The van der Waals surface area contributed by atoms with Crippen LogP contribution in [-0.4, -0.2) is 11.7 Å². The third-order valence-corrected chi connectivity index (χ3v) is 8.69. The Labute approximate surface area is 226 Å². The van der Waals surface area contributed by atoms with Gasteiger partial charge < -0.3 is 5.11 Å². The fraction of sp³-hybridized carbons (Fsp3) is 0.500. The second-order valence-corrected chi connectivity index (χ2v) is 11.5. The van der Waals surface area contributed by atoms with Gasteiger partial charge in [-0.1, -0.05) is 106 Å². The van der Waals surface area contributed by atoms with Gasteiger partial charge in [0.2, 0.25) is 0 Å². The van der Waals surface area contributed by atoms with Crippen molar-refractivity contribution in [3.8, 4) is 0 Å². The van der Waals surface area contributed by atoms with E-state index in [1.807, 2.05) is 0 Å². The molecule has 1 heteroatoms. The van der Waals surface area contributed by atoms with Crippen LogP contribution >= 0.6 is 0 Å². The standard InChI is InChI=1S/C36H48O/c1-4-6-7-9-30-22-23-36(25-29(30)5-2)35-20-18-34(19-21-35)32-11-8-10-31(16-17-32)33-14-12-28(13-15-33)24-27(3)26-37/h8,10,12-17,22-23,25,27,34-35,37H,4-7,9,11,18-21,24,26H2,1-3H3. The molecule has 0 heterocycles. The molecule has 1 nitrogen and oxygen atoms in total. The van der Waals surface area contributed by atoms with Gasteiger partial charge in [-0.15, -0.1) is 0 Å². The Hall–Kier alpha value is -2.38. The molecule has 1 N–H and O–H groups in total. The minimum Gasteiger partial charge on any atom is -0.396 e. The molecule has 1 unspecified atom stereocenters. The molecule has 0 spiro atoms. The lowest BCUT2D eigenvalue weighted by atomic mass is 9.75. The van der Waals surface area contributed by atoms with E-state index >= 15 is 0 Å². The number of hydrogen-bond acceptors (Lipinski definition) is 1. The highest BCUT2D eigenvalue weighted by molar-refractivity contribution is 5.76. The first kappa shape index (κ1) is 27.6. The summed E-state index contributed by atoms with van der Waals surface area (Å²) in [5.41, 5.74) is 10.2. The van der Waals surface area contributed by atoms with Gasteiger partial charge in [0, 0.05) is 6.61 Å². The largest absolute Gasteiger partial charge is 0.396 e. The van der Waals surface area contributed by atoms with Crippen molar-refractivity contribution in [3.05, 3.63) is 100 Å². The van der Waals surface area contributed by atoms with Crippen LogP contribution in [0, 0.1) is 11.8 Å². The molecule has 0 saturated heterocycles. The SMILES string of the molecule is CCCCCc1ccc(C2CCC(C3=CC=C(c4ccc(CC(C)CO)cc4)C=CC3)CC2)cc1CC. The zero-order chi connectivity index (χ0) is 26.0. The van der Waals surface area contributed by atoms with Gasteiger partial charge in [-0.2, -0.15) is 0 Å². The van der Waals surface area contributed by atoms with Crippen molar-refractivity contribution in [2.45, 2.75) is 97.3 Å². The molecule has 198 valence electrons. The number of aryl methyl sites for hydroxylation is 2. The second-order valence-electron chi connectivity index (χ2n) is 11.5. The number of benzene rings is 2. The molecule has 0 aliphatic heterocycles. The van der Waals surface area contributed by atoms with Crippen molar-refractivity contribution in [2.75, 3.05) is 6.61 Å². The third kappa shape index (κ3) is 7.57. The Bertz CT molecular complexity index is 1080. The Kier molecular flexibility index (Phi) is 10.4. The summed E-state index contributed by atoms with van der Waals surface area (Å²) in [7, 11) is 0. The van der Waals surface area contributed by atoms with Gasteiger partial charge in [-0.25, -0.2) is 0 Å². The van der Waals surface area contributed by atoms with Gasteiger partial charge in [-0.05, 0) is 109 Å². The van der Waals surface area contributed by atoms with E-state index in [-0.39, 0.29) is 6.61 Å². The van der Waals surface area contributed by atoms with Crippen molar-refractivity contribution in [1.82, 2.24) is 0 Å². The molecule has 1 atom stereocenters. The lowest BCUT2D eigenvalue weighted by Crippen LogP contribution is -2.15. The van der Waals surface area contributed by atoms with E-state index in [0.717, 1.165) is 31.1 Å². The van der Waals surface area contributed by atoms with Gasteiger partial charge in [0.25, 0.3) is 0 Å². The number of aliphatic hydroxyl groups is 1. The first-order valence-electron chi connectivity index (χ1n) is 15.0. The van der Waals surface area contributed by atoms with E-state index in [2.05, 4.69) is 87.5 Å². The fourth-order valence-electron chi connectivity index (χ4n) is 6.27. The van der Waals surface area contributed by atoms with Crippen molar-refractivity contribution in [2.24, 2.45) is 11.8 Å². The normalized spacial score (nSPS) is 20.8. The summed E-state index contributed by atoms with van der Waals surface area (Å²) in [5.74, 6) is 1.76. The van der Waals surface area contributed by atoms with E-state index in [1.165, 1.54) is 68.1 Å². The van der Waals surface area contributed by atoms with E-state index in [0.29, 0.717) is 5.92 Å². The van der Waals surface area contributed by atoms with E-state index < -0.39 is 0 Å². The Morgan fingerprint density at radius 1 is 0.865 bits per heavy atom. The van der Waals surface area contributed by atoms with Gasteiger partial charge >= 0.3 is 0 Å². The molecule has 1 saturated carbocycles. The zero-order valence-electron chi connectivity index (χ0n) is 23.5. The maximum atomic E-state index is 9.33. The molecule has 0 aromatic heterocycles. The molecule has 4 rings (SSSR count). The summed E-state index contributed by atoms with van der Waals surface area (Å²) in [4.78, 5) is 0. The Balaban J connectivity index is 1.36. The van der Waals surface area contributed by atoms with Crippen LogP contribution in [-0.2, 0) is 19.3 Å². The van der Waals surface area contributed by atoms with E-state index in [9.17, 15) is 5.11 Å². The van der Waals surface area contributed by atoms with Gasteiger partial charge in [0.1, 0.15) is 0 Å². The molecule has 2 aliphatic carbocycles. The van der Waals surface area contributed by atoms with Crippen LogP contribution in [0.2, 0.25) is 0 Å². The number of hydrogen-bond donors (Lipinski definition) is 1. The minimum atomic E-state index is 0.246. The van der Waals surface area contributed by atoms with Crippen LogP contribution in [0.4, 0.5) is 0 Å². The quantitative estimate of drug-likeness (QED) is 0.307. The van der Waals surface area contributed by atoms with Gasteiger partial charge in [0.05, 0.1) is 0 Å². The predicted octanol–water partition coefficient (Wildman–Crippen LogP) is 9.40. The summed E-state index contributed by atoms with van der Waals surface area (Å²) in [6.45, 7) is 6.95. The Morgan fingerprint density at radius 2 is 1.62 bits per heavy atom. The van der Waals surface area contributed by atoms with Crippen LogP contribution in [0.15, 0.2) is 72.3 Å². The molecule has 2 aromatic carbocycles. The van der Waals surface area contributed by atoms with E-state index in [1.54, 1.807) is 22.3 Å². The lowest BCUT2D eigenvalue weighted by Gasteiger charge is -2.30. The second kappa shape index (κ2) is 14.0. The molecule has 2 aliphatic rings. The highest BCUT2D eigenvalue weighted by atomic mass is 16.3. The predicted molar refractivity (Wildman–Crippen MR) is 160 cm³/mol. The van der Waals surface area contributed by atoms with Gasteiger partial charge in [0.15, 0.2) is 0 Å². The van der Waals surface area contributed by atoms with E-state index in [4.69, 9.17) is 0 Å². The average Bonchev–Trinajstić information content (AvgIpc) is 3.20. The number of unbranched alkanes of at least 4 members (excludes halogenated alkanes) is 2. The van der Waals surface area contributed by atoms with Crippen molar-refractivity contribution in [1.29, 1.82) is 0 Å². The monoisotopic (exact) mass is 496 g/mol. The van der Waals surface area contributed by atoms with Crippen molar-refractivity contribution in [3.63, 3.8) is 0 Å². The minimum absolute atomic E-state index is 0.246. The molecule has 37 heavy (non-hydrogen) atoms. The molecule has 0 radical (unpaired) electrons. The highest BCUT2D eigenvalue weighted by Gasteiger charge is 2.25. The zero-order valence-corrected chi connectivity index (χ0v) is 23.5. The first-order chi connectivity index (χ1) is 18.1. The molecular weight excluding hydrogens is 448 g/mol. The van der Waals surface area contributed by atoms with Crippen LogP contribution in [0.25, 0.3) is 5.57 Å². The van der Waals surface area contributed by atoms with Crippen LogP contribution in [0.3, 0.4) is 0 Å². The molecular formula is C36H48O. The van der Waals surface area contributed by atoms with Crippen LogP contribution < -0.4 is 0 Å².